The van der Waals surface area contributed by atoms with Gasteiger partial charge in [-0.15, -0.1) is 0 Å². The molecule has 2 aliphatic rings. The second-order valence-corrected chi connectivity index (χ2v) is 11.5. The van der Waals surface area contributed by atoms with Gasteiger partial charge in [-0.1, -0.05) is 18.2 Å². The van der Waals surface area contributed by atoms with Crippen LogP contribution >= 0.6 is 0 Å². The molecule has 2 fully saturated rings. The number of ether oxygens (including phenoxy) is 4. The van der Waals surface area contributed by atoms with Crippen LogP contribution in [0, 0.1) is 0 Å². The fourth-order valence-corrected chi connectivity index (χ4v) is 4.91. The number of benzene rings is 1. The van der Waals surface area contributed by atoms with Crippen molar-refractivity contribution in [1.29, 1.82) is 0 Å². The van der Waals surface area contributed by atoms with Gasteiger partial charge in [-0.3, -0.25) is 4.98 Å². The van der Waals surface area contributed by atoms with E-state index in [2.05, 4.69) is 9.97 Å². The predicted octanol–water partition coefficient (Wildman–Crippen LogP) is 2.40. The Morgan fingerprint density at radius 3 is 2.25 bits per heavy atom. The molecule has 5 unspecified atom stereocenters. The Labute approximate surface area is 252 Å². The van der Waals surface area contributed by atoms with Crippen LogP contribution in [0.1, 0.15) is 55.0 Å². The lowest BCUT2D eigenvalue weighted by Gasteiger charge is -2.39. The van der Waals surface area contributed by atoms with Gasteiger partial charge in [0.2, 0.25) is 12.2 Å². The maximum atomic E-state index is 13.1. The summed E-state index contributed by atoms with van der Waals surface area (Å²) < 4.78 is 47.8. The van der Waals surface area contributed by atoms with Gasteiger partial charge in [-0.05, 0) is 68.0 Å². The highest BCUT2D eigenvalue weighted by atomic mass is 19.3. The van der Waals surface area contributed by atoms with E-state index < -0.39 is 49.5 Å². The van der Waals surface area contributed by atoms with Crippen molar-refractivity contribution in [3.8, 4) is 17.4 Å². The molecule has 1 aliphatic heterocycles. The molecule has 1 aromatic carbocycles. The number of aliphatic hydroxyl groups is 5. The molecule has 3 aromatic rings. The van der Waals surface area contributed by atoms with E-state index in [1.807, 2.05) is 6.07 Å². The molecule has 1 saturated carbocycles. The number of hydrogen-bond acceptors (Lipinski definition) is 11. The van der Waals surface area contributed by atoms with E-state index in [9.17, 15) is 34.3 Å². The number of hydrogen-bond donors (Lipinski definition) is 5. The maximum Gasteiger partial charge on any atom is 0.387 e. The van der Waals surface area contributed by atoms with Gasteiger partial charge in [0.25, 0.3) is 0 Å². The lowest BCUT2D eigenvalue weighted by Crippen LogP contribution is -2.60. The maximum absolute atomic E-state index is 13.1. The van der Waals surface area contributed by atoms with Crippen LogP contribution < -0.4 is 14.2 Å². The van der Waals surface area contributed by atoms with Crippen molar-refractivity contribution in [2.75, 3.05) is 6.61 Å². The number of aliphatic hydroxyl groups excluding tert-OH is 4. The predicted molar refractivity (Wildman–Crippen MR) is 150 cm³/mol. The Morgan fingerprint density at radius 1 is 0.909 bits per heavy atom. The molecule has 5 N–H and O–H groups in total. The average Bonchev–Trinajstić information content (AvgIpc) is 3.81. The number of aromatic nitrogens is 2. The van der Waals surface area contributed by atoms with E-state index in [1.165, 1.54) is 6.07 Å². The van der Waals surface area contributed by atoms with Crippen LogP contribution in [0.5, 0.6) is 17.4 Å². The van der Waals surface area contributed by atoms with Gasteiger partial charge in [0.15, 0.2) is 11.5 Å². The zero-order valence-electron chi connectivity index (χ0n) is 24.2. The van der Waals surface area contributed by atoms with Gasteiger partial charge in [0, 0.05) is 24.4 Å². The first kappa shape index (κ1) is 31.9. The zero-order valence-corrected chi connectivity index (χ0v) is 24.2. The standard InChI is InChI=1S/C31H36F2N2O9/c1-31(2,40)24-9-5-18(14-34-24)20(17-4-8-21(43-30(32)33)22(12-17)41-19-6-7-19)11-16-3-10-25(35-13-16)44-29-28(39)27(38)26(37)23(15-36)42-29/h3-5,8-10,12-14,19-20,23,26-30,36-40H,6-7,11,15H2,1-2H3/t20-,23?,26?,27?,28?,29?/m0/s1. The van der Waals surface area contributed by atoms with E-state index in [-0.39, 0.29) is 29.4 Å². The fourth-order valence-electron chi connectivity index (χ4n) is 4.91. The second-order valence-electron chi connectivity index (χ2n) is 11.5. The lowest BCUT2D eigenvalue weighted by molar-refractivity contribution is -0.278. The highest BCUT2D eigenvalue weighted by Gasteiger charge is 2.44. The van der Waals surface area contributed by atoms with Crippen molar-refractivity contribution in [1.82, 2.24) is 9.97 Å². The first-order chi connectivity index (χ1) is 20.9. The normalized spacial score (nSPS) is 24.6. The van der Waals surface area contributed by atoms with E-state index in [0.717, 1.165) is 29.5 Å². The van der Waals surface area contributed by atoms with Crippen molar-refractivity contribution in [2.24, 2.45) is 0 Å². The minimum atomic E-state index is -3.01. The number of pyridine rings is 2. The van der Waals surface area contributed by atoms with Crippen LogP contribution in [0.15, 0.2) is 54.9 Å². The Kier molecular flexibility index (Phi) is 9.63. The summed E-state index contributed by atoms with van der Waals surface area (Å²) >= 11 is 0. The van der Waals surface area contributed by atoms with Crippen molar-refractivity contribution in [2.45, 2.75) is 88.1 Å². The summed E-state index contributed by atoms with van der Waals surface area (Å²) in [5.41, 5.74) is 1.64. The summed E-state index contributed by atoms with van der Waals surface area (Å²) in [6.45, 7) is -0.330. The van der Waals surface area contributed by atoms with Gasteiger partial charge < -0.3 is 44.5 Å². The van der Waals surface area contributed by atoms with Crippen LogP contribution in [0.25, 0.3) is 0 Å². The van der Waals surface area contributed by atoms with Gasteiger partial charge in [0.1, 0.15) is 30.0 Å². The van der Waals surface area contributed by atoms with E-state index >= 15 is 0 Å². The van der Waals surface area contributed by atoms with Crippen LogP contribution in [-0.2, 0) is 16.8 Å². The Balaban J connectivity index is 1.40. The molecule has 0 amide bonds. The molecule has 2 aromatic heterocycles. The number of nitrogens with zero attached hydrogens (tertiary/aromatic N) is 2. The van der Waals surface area contributed by atoms with Crippen LogP contribution in [0.3, 0.4) is 0 Å². The molecular formula is C31H36F2N2O9. The first-order valence-corrected chi connectivity index (χ1v) is 14.3. The second kappa shape index (κ2) is 13.3. The third kappa shape index (κ3) is 7.60. The van der Waals surface area contributed by atoms with Crippen molar-refractivity contribution in [3.05, 3.63) is 77.2 Å². The molecule has 238 valence electrons. The molecular weight excluding hydrogens is 582 g/mol. The third-order valence-corrected chi connectivity index (χ3v) is 7.54. The molecule has 0 spiro atoms. The third-order valence-electron chi connectivity index (χ3n) is 7.54. The summed E-state index contributed by atoms with van der Waals surface area (Å²) in [6.07, 6.45) is -1.98. The molecule has 13 heteroatoms. The van der Waals surface area contributed by atoms with Gasteiger partial charge in [0.05, 0.1) is 18.4 Å². The number of alkyl halides is 2. The van der Waals surface area contributed by atoms with Crippen LogP contribution in [0.4, 0.5) is 8.78 Å². The summed E-state index contributed by atoms with van der Waals surface area (Å²) in [5.74, 6) is -0.0991. The number of halogens is 2. The Morgan fingerprint density at radius 2 is 1.66 bits per heavy atom. The highest BCUT2D eigenvalue weighted by Crippen LogP contribution is 2.39. The molecule has 44 heavy (non-hydrogen) atoms. The van der Waals surface area contributed by atoms with Crippen molar-refractivity contribution >= 4 is 0 Å². The SMILES string of the molecule is CC(C)(O)c1ccc([C@@H](Cc2ccc(OC3OC(CO)C(O)C(O)C3O)nc2)c2ccc(OC(F)F)c(OC3CC3)c2)cn1. The molecule has 3 heterocycles. The minimum absolute atomic E-state index is 0.0544. The highest BCUT2D eigenvalue weighted by molar-refractivity contribution is 5.47. The summed E-state index contributed by atoms with van der Waals surface area (Å²) in [5, 5.41) is 50.1. The van der Waals surface area contributed by atoms with E-state index in [0.29, 0.717) is 12.1 Å². The summed E-state index contributed by atoms with van der Waals surface area (Å²) in [6, 6.07) is 11.7. The average molecular weight is 619 g/mol. The molecule has 6 atom stereocenters. The van der Waals surface area contributed by atoms with E-state index in [4.69, 9.17) is 18.9 Å². The van der Waals surface area contributed by atoms with E-state index in [1.54, 1.807) is 56.6 Å². The largest absolute Gasteiger partial charge is 0.487 e. The summed E-state index contributed by atoms with van der Waals surface area (Å²) in [7, 11) is 0. The van der Waals surface area contributed by atoms with Gasteiger partial charge in [-0.2, -0.15) is 8.78 Å². The topological polar surface area (TPSA) is 164 Å². The molecule has 0 radical (unpaired) electrons. The Hall–Kier alpha value is -3.46. The number of rotatable bonds is 12. The quantitative estimate of drug-likeness (QED) is 0.203. The Bertz CT molecular complexity index is 1380. The molecule has 1 saturated heterocycles. The minimum Gasteiger partial charge on any atom is -0.487 e. The smallest absolute Gasteiger partial charge is 0.387 e. The molecule has 1 aliphatic carbocycles. The molecule has 5 rings (SSSR count). The van der Waals surface area contributed by atoms with Gasteiger partial charge in [-0.25, -0.2) is 4.98 Å². The first-order valence-electron chi connectivity index (χ1n) is 14.3. The lowest BCUT2D eigenvalue weighted by atomic mass is 9.86. The molecule has 0 bridgehead atoms. The van der Waals surface area contributed by atoms with Crippen LogP contribution in [-0.4, -0.2) is 85.5 Å². The monoisotopic (exact) mass is 618 g/mol. The van der Waals surface area contributed by atoms with Gasteiger partial charge >= 0.3 is 6.61 Å². The summed E-state index contributed by atoms with van der Waals surface area (Å²) in [4.78, 5) is 8.76. The zero-order chi connectivity index (χ0) is 31.6. The van der Waals surface area contributed by atoms with Crippen molar-refractivity contribution in [3.63, 3.8) is 0 Å². The fraction of sp³-hybridized carbons (Fsp3) is 0.484. The van der Waals surface area contributed by atoms with Crippen molar-refractivity contribution < 1.29 is 53.3 Å². The van der Waals surface area contributed by atoms with Crippen LogP contribution in [0.2, 0.25) is 0 Å². The molecule has 11 nitrogen and oxygen atoms in total.